The van der Waals surface area contributed by atoms with Gasteiger partial charge in [0.05, 0.1) is 27.4 Å². The summed E-state index contributed by atoms with van der Waals surface area (Å²) >= 11 is 0. The van der Waals surface area contributed by atoms with Gasteiger partial charge in [-0.2, -0.15) is 0 Å². The van der Waals surface area contributed by atoms with Gasteiger partial charge in [0.2, 0.25) is 0 Å². The van der Waals surface area contributed by atoms with Crippen LogP contribution < -0.4 is 9.47 Å². The van der Waals surface area contributed by atoms with Crippen LogP contribution in [0.2, 0.25) is 0 Å². The van der Waals surface area contributed by atoms with Crippen molar-refractivity contribution in [2.75, 3.05) is 27.4 Å². The van der Waals surface area contributed by atoms with E-state index >= 15 is 0 Å². The van der Waals surface area contributed by atoms with E-state index in [1.54, 1.807) is 14.2 Å². The molecule has 0 aliphatic carbocycles. The lowest BCUT2D eigenvalue weighted by Gasteiger charge is -2.07. The molecule has 6 nitrogen and oxygen atoms in total. The van der Waals surface area contributed by atoms with Crippen molar-refractivity contribution in [3.8, 4) is 22.8 Å². The van der Waals surface area contributed by atoms with Crippen LogP contribution in [0.3, 0.4) is 0 Å². The molecule has 0 spiro atoms. The zero-order chi connectivity index (χ0) is 14.7. The molecule has 0 amide bonds. The van der Waals surface area contributed by atoms with Crippen molar-refractivity contribution in [3.63, 3.8) is 0 Å². The lowest BCUT2D eigenvalue weighted by atomic mass is 10.1. The number of hydrogen-bond donors (Lipinski definition) is 0. The van der Waals surface area contributed by atoms with Gasteiger partial charge in [0.25, 0.3) is 0 Å². The molecule has 1 fully saturated rings. The molecule has 1 atom stereocenters. The smallest absolute Gasteiger partial charge is 0.163 e. The van der Waals surface area contributed by atoms with E-state index in [0.29, 0.717) is 30.5 Å². The van der Waals surface area contributed by atoms with Crippen molar-refractivity contribution in [1.82, 2.24) is 5.16 Å². The minimum absolute atomic E-state index is 0.248. The molecule has 0 bridgehead atoms. The Balaban J connectivity index is 1.69. The first-order valence-electron chi connectivity index (χ1n) is 6.67. The second kappa shape index (κ2) is 6.15. The summed E-state index contributed by atoms with van der Waals surface area (Å²) < 4.78 is 26.3. The molecule has 2 aromatic rings. The Hall–Kier alpha value is -2.05. The summed E-state index contributed by atoms with van der Waals surface area (Å²) in [7, 11) is 3.20. The zero-order valence-corrected chi connectivity index (χ0v) is 12.0. The van der Waals surface area contributed by atoms with E-state index < -0.39 is 0 Å². The van der Waals surface area contributed by atoms with Gasteiger partial charge >= 0.3 is 0 Å². The molecule has 6 heteroatoms. The van der Waals surface area contributed by atoms with E-state index in [1.807, 2.05) is 24.3 Å². The Kier molecular flexibility index (Phi) is 4.08. The van der Waals surface area contributed by atoms with Crippen molar-refractivity contribution >= 4 is 0 Å². The summed E-state index contributed by atoms with van der Waals surface area (Å²) in [6.07, 6.45) is 0.248. The molecule has 21 heavy (non-hydrogen) atoms. The van der Waals surface area contributed by atoms with Crippen LogP contribution in [-0.2, 0) is 16.1 Å². The van der Waals surface area contributed by atoms with Crippen molar-refractivity contribution in [2.45, 2.75) is 12.7 Å². The van der Waals surface area contributed by atoms with Crippen molar-refractivity contribution in [3.05, 3.63) is 30.0 Å². The minimum atomic E-state index is 0.248. The Labute approximate surface area is 122 Å². The lowest BCUT2D eigenvalue weighted by Crippen LogP contribution is -2.00. The highest BCUT2D eigenvalue weighted by molar-refractivity contribution is 5.63. The maximum Gasteiger partial charge on any atom is 0.163 e. The molecule has 1 aliphatic heterocycles. The van der Waals surface area contributed by atoms with E-state index in [4.69, 9.17) is 23.5 Å². The van der Waals surface area contributed by atoms with Crippen LogP contribution in [0.4, 0.5) is 0 Å². The second-order valence-corrected chi connectivity index (χ2v) is 4.72. The fourth-order valence-electron chi connectivity index (χ4n) is 1.97. The van der Waals surface area contributed by atoms with Crippen LogP contribution in [0.15, 0.2) is 28.8 Å². The highest BCUT2D eigenvalue weighted by atomic mass is 16.6. The molecule has 1 saturated heterocycles. The lowest BCUT2D eigenvalue weighted by molar-refractivity contribution is 0.0872. The van der Waals surface area contributed by atoms with E-state index in [2.05, 4.69) is 5.16 Å². The molecule has 1 aromatic heterocycles. The number of epoxide rings is 1. The molecular formula is C15H17NO5. The van der Waals surface area contributed by atoms with E-state index in [0.717, 1.165) is 17.9 Å². The highest BCUT2D eigenvalue weighted by Crippen LogP contribution is 2.32. The monoisotopic (exact) mass is 291 g/mol. The highest BCUT2D eigenvalue weighted by Gasteiger charge is 2.22. The fraction of sp³-hybridized carbons (Fsp3) is 0.400. The predicted molar refractivity (Wildman–Crippen MR) is 74.4 cm³/mol. The van der Waals surface area contributed by atoms with Crippen LogP contribution in [-0.4, -0.2) is 38.7 Å². The second-order valence-electron chi connectivity index (χ2n) is 4.72. The number of methoxy groups -OCH3 is 2. The number of ether oxygens (including phenoxy) is 4. The van der Waals surface area contributed by atoms with Gasteiger partial charge in [0.15, 0.2) is 17.3 Å². The topological polar surface area (TPSA) is 66.2 Å². The number of nitrogens with zero attached hydrogens (tertiary/aromatic N) is 1. The summed E-state index contributed by atoms with van der Waals surface area (Å²) in [5, 5.41) is 4.05. The molecule has 112 valence electrons. The average Bonchev–Trinajstić information content (AvgIpc) is 3.22. The molecule has 0 radical (unpaired) electrons. The SMILES string of the molecule is COc1ccc(-c2cc(COCC3CO3)on2)cc1OC. The molecule has 0 saturated carbocycles. The summed E-state index contributed by atoms with van der Waals surface area (Å²) in [4.78, 5) is 0. The van der Waals surface area contributed by atoms with Gasteiger partial charge in [-0.05, 0) is 18.2 Å². The van der Waals surface area contributed by atoms with Crippen LogP contribution >= 0.6 is 0 Å². The third-order valence-electron chi connectivity index (χ3n) is 3.19. The van der Waals surface area contributed by atoms with Gasteiger partial charge < -0.3 is 23.5 Å². The average molecular weight is 291 g/mol. The van der Waals surface area contributed by atoms with Crippen LogP contribution in [0.5, 0.6) is 11.5 Å². The van der Waals surface area contributed by atoms with Crippen molar-refractivity contribution in [1.29, 1.82) is 0 Å². The third-order valence-corrected chi connectivity index (χ3v) is 3.19. The molecule has 3 rings (SSSR count). The largest absolute Gasteiger partial charge is 0.493 e. The van der Waals surface area contributed by atoms with Crippen molar-refractivity contribution in [2.24, 2.45) is 0 Å². The van der Waals surface area contributed by atoms with Gasteiger partial charge in [0, 0.05) is 11.6 Å². The Bertz CT molecular complexity index is 606. The first-order valence-corrected chi connectivity index (χ1v) is 6.67. The number of aromatic nitrogens is 1. The normalized spacial score (nSPS) is 16.8. The fourth-order valence-corrected chi connectivity index (χ4v) is 1.97. The Morgan fingerprint density at radius 2 is 2.00 bits per heavy atom. The van der Waals surface area contributed by atoms with Crippen LogP contribution in [0, 0.1) is 0 Å². The zero-order valence-electron chi connectivity index (χ0n) is 12.0. The van der Waals surface area contributed by atoms with E-state index in [1.165, 1.54) is 0 Å². The van der Waals surface area contributed by atoms with Gasteiger partial charge in [-0.1, -0.05) is 5.16 Å². The maximum absolute atomic E-state index is 5.47. The summed E-state index contributed by atoms with van der Waals surface area (Å²) in [5.41, 5.74) is 1.63. The summed E-state index contributed by atoms with van der Waals surface area (Å²) in [6, 6.07) is 7.46. The Morgan fingerprint density at radius 1 is 1.19 bits per heavy atom. The quantitative estimate of drug-likeness (QED) is 0.729. The van der Waals surface area contributed by atoms with E-state index in [-0.39, 0.29) is 6.10 Å². The molecular weight excluding hydrogens is 274 g/mol. The van der Waals surface area contributed by atoms with Crippen molar-refractivity contribution < 1.29 is 23.5 Å². The van der Waals surface area contributed by atoms with Gasteiger partial charge in [-0.15, -0.1) is 0 Å². The van der Waals surface area contributed by atoms with Gasteiger partial charge in [-0.25, -0.2) is 0 Å². The van der Waals surface area contributed by atoms with Gasteiger partial charge in [-0.3, -0.25) is 0 Å². The molecule has 1 aromatic carbocycles. The predicted octanol–water partition coefficient (Wildman–Crippen LogP) is 2.27. The first kappa shape index (κ1) is 13.9. The van der Waals surface area contributed by atoms with E-state index in [9.17, 15) is 0 Å². The molecule has 0 N–H and O–H groups in total. The first-order chi connectivity index (χ1) is 10.3. The number of hydrogen-bond acceptors (Lipinski definition) is 6. The Morgan fingerprint density at radius 3 is 2.71 bits per heavy atom. The minimum Gasteiger partial charge on any atom is -0.493 e. The third kappa shape index (κ3) is 3.34. The van der Waals surface area contributed by atoms with Crippen LogP contribution in [0.1, 0.15) is 5.76 Å². The standard InChI is InChI=1S/C15H17NO5/c1-17-14-4-3-10(5-15(14)18-2)13-6-11(21-16-13)7-19-8-12-9-20-12/h3-6,12H,7-9H2,1-2H3. The molecule has 2 heterocycles. The van der Waals surface area contributed by atoms with Crippen LogP contribution in [0.25, 0.3) is 11.3 Å². The summed E-state index contributed by atoms with van der Waals surface area (Å²) in [5.74, 6) is 2.01. The summed E-state index contributed by atoms with van der Waals surface area (Å²) in [6.45, 7) is 1.76. The number of rotatable bonds is 7. The van der Waals surface area contributed by atoms with Gasteiger partial charge in [0.1, 0.15) is 18.4 Å². The number of benzene rings is 1. The molecule has 1 unspecified atom stereocenters. The maximum atomic E-state index is 5.47. The molecule has 1 aliphatic rings.